The van der Waals surface area contributed by atoms with Crippen LogP contribution in [0, 0.1) is 0 Å². The predicted molar refractivity (Wildman–Crippen MR) is 79.2 cm³/mol. The highest BCUT2D eigenvalue weighted by atomic mass is 79.9. The molecule has 0 saturated heterocycles. The minimum atomic E-state index is -0.551. The van der Waals surface area contributed by atoms with E-state index in [2.05, 4.69) is 21.2 Å². The molecule has 0 radical (unpaired) electrons. The van der Waals surface area contributed by atoms with Crippen molar-refractivity contribution in [3.8, 4) is 0 Å². The molecule has 0 aliphatic heterocycles. The molecule has 2 N–H and O–H groups in total. The molecule has 4 heteroatoms. The van der Waals surface area contributed by atoms with Gasteiger partial charge < -0.3 is 10.4 Å². The molecule has 0 saturated carbocycles. The first-order valence-electron chi connectivity index (χ1n) is 5.91. The summed E-state index contributed by atoms with van der Waals surface area (Å²) in [5, 5.41) is 12.3. The van der Waals surface area contributed by atoms with Crippen molar-refractivity contribution in [1.82, 2.24) is 0 Å². The van der Waals surface area contributed by atoms with Crippen LogP contribution in [0.5, 0.6) is 0 Å². The lowest BCUT2D eigenvalue weighted by Crippen LogP contribution is -2.11. The Balaban J connectivity index is 2.14. The van der Waals surface area contributed by atoms with E-state index in [4.69, 9.17) is 0 Å². The van der Waals surface area contributed by atoms with E-state index < -0.39 is 6.10 Å². The number of carbonyl (C=O) groups excluding carboxylic acids is 1. The maximum absolute atomic E-state index is 12.0. The third-order valence-electron chi connectivity index (χ3n) is 2.73. The fourth-order valence-corrected chi connectivity index (χ4v) is 1.95. The van der Waals surface area contributed by atoms with Crippen LogP contribution in [0.3, 0.4) is 0 Å². The summed E-state index contributed by atoms with van der Waals surface area (Å²) < 4.78 is 0.931. The van der Waals surface area contributed by atoms with Crippen LogP contribution in [0.25, 0.3) is 0 Å². The second-order valence-electron chi connectivity index (χ2n) is 4.26. The van der Waals surface area contributed by atoms with E-state index in [1.165, 1.54) is 0 Å². The van der Waals surface area contributed by atoms with Crippen LogP contribution in [-0.2, 0) is 0 Å². The lowest BCUT2D eigenvalue weighted by molar-refractivity contribution is 0.102. The van der Waals surface area contributed by atoms with Gasteiger partial charge in [0.15, 0.2) is 0 Å². The first-order chi connectivity index (χ1) is 9.06. The number of hydrogen-bond acceptors (Lipinski definition) is 2. The number of rotatable bonds is 3. The van der Waals surface area contributed by atoms with Crippen LogP contribution in [0.1, 0.15) is 28.9 Å². The molecule has 0 bridgehead atoms. The van der Waals surface area contributed by atoms with Gasteiger partial charge in [0.1, 0.15) is 0 Å². The zero-order valence-electron chi connectivity index (χ0n) is 10.4. The van der Waals surface area contributed by atoms with E-state index in [0.717, 1.165) is 10.0 Å². The van der Waals surface area contributed by atoms with E-state index in [0.29, 0.717) is 11.3 Å². The smallest absolute Gasteiger partial charge is 0.255 e. The molecule has 1 atom stereocenters. The number of nitrogens with one attached hydrogen (secondary N) is 1. The van der Waals surface area contributed by atoms with Crippen molar-refractivity contribution in [3.05, 3.63) is 64.1 Å². The normalized spacial score (nSPS) is 11.9. The van der Waals surface area contributed by atoms with Crippen LogP contribution in [0.2, 0.25) is 0 Å². The number of benzene rings is 2. The molecule has 0 aliphatic carbocycles. The number of anilines is 1. The quantitative estimate of drug-likeness (QED) is 0.905. The Morgan fingerprint density at radius 2 is 1.89 bits per heavy atom. The van der Waals surface area contributed by atoms with Gasteiger partial charge in [0, 0.05) is 15.7 Å². The SMILES string of the molecule is C[C@@H](O)c1cccc(NC(=O)c2ccc(Br)cc2)c1. The highest BCUT2D eigenvalue weighted by molar-refractivity contribution is 9.10. The van der Waals surface area contributed by atoms with Gasteiger partial charge in [-0.3, -0.25) is 4.79 Å². The summed E-state index contributed by atoms with van der Waals surface area (Å²) in [6, 6.07) is 14.3. The molecule has 2 aromatic rings. The van der Waals surface area contributed by atoms with Gasteiger partial charge >= 0.3 is 0 Å². The lowest BCUT2D eigenvalue weighted by Gasteiger charge is -2.09. The summed E-state index contributed by atoms with van der Waals surface area (Å²) >= 11 is 3.33. The first kappa shape index (κ1) is 13.8. The molecule has 1 amide bonds. The van der Waals surface area contributed by atoms with E-state index in [-0.39, 0.29) is 5.91 Å². The molecule has 0 heterocycles. The monoisotopic (exact) mass is 319 g/mol. The summed E-state index contributed by atoms with van der Waals surface area (Å²) in [6.07, 6.45) is -0.551. The van der Waals surface area contributed by atoms with E-state index >= 15 is 0 Å². The second-order valence-corrected chi connectivity index (χ2v) is 5.18. The third kappa shape index (κ3) is 3.66. The van der Waals surface area contributed by atoms with Crippen molar-refractivity contribution in [2.24, 2.45) is 0 Å². The van der Waals surface area contributed by atoms with Gasteiger partial charge in [-0.15, -0.1) is 0 Å². The molecule has 0 unspecified atom stereocenters. The highest BCUT2D eigenvalue weighted by Gasteiger charge is 2.07. The minimum Gasteiger partial charge on any atom is -0.389 e. The van der Waals surface area contributed by atoms with E-state index in [1.807, 2.05) is 18.2 Å². The molecular weight excluding hydrogens is 306 g/mol. The van der Waals surface area contributed by atoms with Crippen molar-refractivity contribution in [2.75, 3.05) is 5.32 Å². The zero-order valence-corrected chi connectivity index (χ0v) is 12.0. The second kappa shape index (κ2) is 5.99. The summed E-state index contributed by atoms with van der Waals surface area (Å²) in [6.45, 7) is 1.69. The number of halogens is 1. The van der Waals surface area contributed by atoms with E-state index in [1.54, 1.807) is 37.3 Å². The molecule has 19 heavy (non-hydrogen) atoms. The summed E-state index contributed by atoms with van der Waals surface area (Å²) in [5.74, 6) is -0.171. The molecule has 2 rings (SSSR count). The summed E-state index contributed by atoms with van der Waals surface area (Å²) in [5.41, 5.74) is 2.03. The average Bonchev–Trinajstić information content (AvgIpc) is 2.39. The molecule has 0 aromatic heterocycles. The topological polar surface area (TPSA) is 49.3 Å². The van der Waals surface area contributed by atoms with Crippen LogP contribution in [0.4, 0.5) is 5.69 Å². The zero-order chi connectivity index (χ0) is 13.8. The van der Waals surface area contributed by atoms with Gasteiger partial charge in [-0.2, -0.15) is 0 Å². The lowest BCUT2D eigenvalue weighted by atomic mass is 10.1. The Bertz CT molecular complexity index is 579. The molecular formula is C15H14BrNO2. The van der Waals surface area contributed by atoms with Gasteiger partial charge in [0.05, 0.1) is 6.10 Å². The number of hydrogen-bond donors (Lipinski definition) is 2. The van der Waals surface area contributed by atoms with Crippen LogP contribution >= 0.6 is 15.9 Å². The van der Waals surface area contributed by atoms with Gasteiger partial charge in [-0.05, 0) is 48.9 Å². The van der Waals surface area contributed by atoms with Crippen LogP contribution in [0.15, 0.2) is 53.0 Å². The Morgan fingerprint density at radius 3 is 2.53 bits per heavy atom. The molecule has 98 valence electrons. The molecule has 0 fully saturated rings. The Morgan fingerprint density at radius 1 is 1.21 bits per heavy atom. The van der Waals surface area contributed by atoms with Crippen molar-refractivity contribution in [3.63, 3.8) is 0 Å². The minimum absolute atomic E-state index is 0.171. The van der Waals surface area contributed by atoms with E-state index in [9.17, 15) is 9.90 Å². The van der Waals surface area contributed by atoms with Crippen LogP contribution in [-0.4, -0.2) is 11.0 Å². The standard InChI is InChI=1S/C15H14BrNO2/c1-10(18)12-3-2-4-14(9-12)17-15(19)11-5-7-13(16)8-6-11/h2-10,18H,1H3,(H,17,19)/t10-/m1/s1. The number of carbonyl (C=O) groups is 1. The molecule has 0 aliphatic rings. The highest BCUT2D eigenvalue weighted by Crippen LogP contribution is 2.18. The molecule has 3 nitrogen and oxygen atoms in total. The number of aliphatic hydroxyl groups is 1. The third-order valence-corrected chi connectivity index (χ3v) is 3.26. The largest absolute Gasteiger partial charge is 0.389 e. The Hall–Kier alpha value is -1.65. The van der Waals surface area contributed by atoms with Crippen molar-refractivity contribution < 1.29 is 9.90 Å². The number of aliphatic hydroxyl groups excluding tert-OH is 1. The Labute approximate surface area is 120 Å². The van der Waals surface area contributed by atoms with Crippen molar-refractivity contribution >= 4 is 27.5 Å². The maximum atomic E-state index is 12.0. The number of amides is 1. The van der Waals surface area contributed by atoms with Crippen molar-refractivity contribution in [2.45, 2.75) is 13.0 Å². The maximum Gasteiger partial charge on any atom is 0.255 e. The van der Waals surface area contributed by atoms with Gasteiger partial charge in [0.25, 0.3) is 5.91 Å². The summed E-state index contributed by atoms with van der Waals surface area (Å²) in [4.78, 5) is 12.0. The van der Waals surface area contributed by atoms with Crippen molar-refractivity contribution in [1.29, 1.82) is 0 Å². The first-order valence-corrected chi connectivity index (χ1v) is 6.70. The van der Waals surface area contributed by atoms with Gasteiger partial charge in [0.2, 0.25) is 0 Å². The average molecular weight is 320 g/mol. The fourth-order valence-electron chi connectivity index (χ4n) is 1.68. The van der Waals surface area contributed by atoms with Gasteiger partial charge in [-0.25, -0.2) is 0 Å². The summed E-state index contributed by atoms with van der Waals surface area (Å²) in [7, 11) is 0. The fraction of sp³-hybridized carbons (Fsp3) is 0.133. The van der Waals surface area contributed by atoms with Gasteiger partial charge in [-0.1, -0.05) is 28.1 Å². The van der Waals surface area contributed by atoms with Crippen LogP contribution < -0.4 is 5.32 Å². The molecule has 2 aromatic carbocycles. The molecule has 0 spiro atoms. The predicted octanol–water partition coefficient (Wildman–Crippen LogP) is 3.75. The Kier molecular flexibility index (Phi) is 4.35.